The zero-order valence-corrected chi connectivity index (χ0v) is 14.0. The summed E-state index contributed by atoms with van der Waals surface area (Å²) in [5.41, 5.74) is 7.71. The largest absolute Gasteiger partial charge is 0.395 e. The minimum atomic E-state index is -1.02. The third-order valence-corrected chi connectivity index (χ3v) is 3.65. The molecule has 0 fully saturated rings. The molecular weight excluding hydrogens is 330 g/mol. The molecule has 8 nitrogen and oxygen atoms in total. The molecule has 1 unspecified atom stereocenters. The number of carbonyl (C=O) groups is 1. The quantitative estimate of drug-likeness (QED) is 0.608. The van der Waals surface area contributed by atoms with Crippen LogP contribution in [0.1, 0.15) is 5.69 Å². The first-order valence-corrected chi connectivity index (χ1v) is 8.90. The first-order valence-electron chi connectivity index (χ1n) is 7.17. The highest BCUT2D eigenvalue weighted by molar-refractivity contribution is 7.83. The van der Waals surface area contributed by atoms with E-state index >= 15 is 0 Å². The van der Waals surface area contributed by atoms with Crippen molar-refractivity contribution < 1.29 is 14.1 Å². The lowest BCUT2D eigenvalue weighted by atomic mass is 10.2. The Bertz CT molecular complexity index is 736. The summed E-state index contributed by atoms with van der Waals surface area (Å²) in [5.74, 6) is 1.06. The highest BCUT2D eigenvalue weighted by atomic mass is 32.2. The number of aliphatic hydroxyl groups excluding tert-OH is 1. The van der Waals surface area contributed by atoms with Crippen LogP contribution in [0.2, 0.25) is 0 Å². The number of nitrogens with one attached hydrogen (secondary N) is 2. The van der Waals surface area contributed by atoms with E-state index in [4.69, 9.17) is 10.8 Å². The molecule has 1 aromatic heterocycles. The Morgan fingerprint density at radius 1 is 1.29 bits per heavy atom. The van der Waals surface area contributed by atoms with E-state index in [2.05, 4.69) is 20.6 Å². The minimum absolute atomic E-state index is 0.121. The molecule has 0 saturated carbocycles. The number of hydrogen-bond acceptors (Lipinski definition) is 6. The van der Waals surface area contributed by atoms with Crippen LogP contribution in [-0.2, 0) is 16.6 Å². The summed E-state index contributed by atoms with van der Waals surface area (Å²) in [6, 6.07) is 8.12. The van der Waals surface area contributed by atoms with Crippen molar-refractivity contribution in [2.75, 3.05) is 30.5 Å². The molecule has 2 aromatic rings. The van der Waals surface area contributed by atoms with E-state index in [0.717, 1.165) is 5.56 Å². The standard InChI is InChI=1S/C15H19N5O3S/c1-24(23)9-12-8-13(16)20-14(18-12)10-2-4-11(5-3-10)19-15(22)17-6-7-21/h2-5,8,21H,6-7,9H2,1H3,(H2,16,18,20)(H2,17,19,22). The predicted molar refractivity (Wildman–Crippen MR) is 93.8 cm³/mol. The molecule has 24 heavy (non-hydrogen) atoms. The van der Waals surface area contributed by atoms with E-state index in [1.807, 2.05) is 0 Å². The fourth-order valence-corrected chi connectivity index (χ4v) is 2.54. The third kappa shape index (κ3) is 5.28. The monoisotopic (exact) mass is 349 g/mol. The molecule has 2 rings (SSSR count). The molecular formula is C15H19N5O3S. The van der Waals surface area contributed by atoms with E-state index in [0.29, 0.717) is 28.8 Å². The Labute approximate surface area is 142 Å². The van der Waals surface area contributed by atoms with Crippen molar-refractivity contribution >= 4 is 28.3 Å². The number of nitrogens with zero attached hydrogens (tertiary/aromatic N) is 2. The van der Waals surface area contributed by atoms with Crippen LogP contribution in [0, 0.1) is 0 Å². The first-order chi connectivity index (χ1) is 11.5. The first kappa shape index (κ1) is 17.8. The Morgan fingerprint density at radius 3 is 2.62 bits per heavy atom. The van der Waals surface area contributed by atoms with Crippen LogP contribution in [0.3, 0.4) is 0 Å². The van der Waals surface area contributed by atoms with Crippen molar-refractivity contribution in [3.63, 3.8) is 0 Å². The molecule has 0 bridgehead atoms. The maximum absolute atomic E-state index is 11.5. The molecule has 5 N–H and O–H groups in total. The SMILES string of the molecule is CS(=O)Cc1cc(N)nc(-c2ccc(NC(=O)NCCO)cc2)n1. The number of aliphatic hydroxyl groups is 1. The summed E-state index contributed by atoms with van der Waals surface area (Å²) in [6.45, 7) is 0.0621. The molecule has 2 amide bonds. The summed E-state index contributed by atoms with van der Waals surface area (Å²) >= 11 is 0. The van der Waals surface area contributed by atoms with Gasteiger partial charge in [-0.05, 0) is 24.3 Å². The van der Waals surface area contributed by atoms with Crippen molar-refractivity contribution in [1.82, 2.24) is 15.3 Å². The summed E-state index contributed by atoms with van der Waals surface area (Å²) < 4.78 is 11.3. The lowest BCUT2D eigenvalue weighted by Gasteiger charge is -2.08. The summed E-state index contributed by atoms with van der Waals surface area (Å²) in [7, 11) is -1.02. The second-order valence-corrected chi connectivity index (χ2v) is 6.44. The van der Waals surface area contributed by atoms with Crippen molar-refractivity contribution in [2.24, 2.45) is 0 Å². The van der Waals surface area contributed by atoms with Gasteiger partial charge in [-0.15, -0.1) is 0 Å². The van der Waals surface area contributed by atoms with Gasteiger partial charge in [0, 0.05) is 40.9 Å². The highest BCUT2D eigenvalue weighted by Crippen LogP contribution is 2.20. The Hall–Kier alpha value is -2.52. The van der Waals surface area contributed by atoms with Crippen LogP contribution >= 0.6 is 0 Å². The zero-order valence-electron chi connectivity index (χ0n) is 13.2. The van der Waals surface area contributed by atoms with Gasteiger partial charge in [0.25, 0.3) is 0 Å². The van der Waals surface area contributed by atoms with Crippen LogP contribution in [0.4, 0.5) is 16.3 Å². The van der Waals surface area contributed by atoms with Crippen LogP contribution < -0.4 is 16.4 Å². The van der Waals surface area contributed by atoms with Gasteiger partial charge in [0.15, 0.2) is 5.82 Å². The second-order valence-electron chi connectivity index (χ2n) is 5.01. The van der Waals surface area contributed by atoms with Gasteiger partial charge in [0.2, 0.25) is 0 Å². The van der Waals surface area contributed by atoms with Gasteiger partial charge in [-0.25, -0.2) is 14.8 Å². The zero-order chi connectivity index (χ0) is 17.5. The van der Waals surface area contributed by atoms with Gasteiger partial charge in [0.1, 0.15) is 5.82 Å². The fraction of sp³-hybridized carbons (Fsp3) is 0.267. The number of rotatable bonds is 6. The molecule has 1 aromatic carbocycles. The average molecular weight is 349 g/mol. The van der Waals surface area contributed by atoms with Crippen molar-refractivity contribution in [3.05, 3.63) is 36.0 Å². The summed E-state index contributed by atoms with van der Waals surface area (Å²) in [6.07, 6.45) is 1.60. The van der Waals surface area contributed by atoms with Crippen molar-refractivity contribution in [1.29, 1.82) is 0 Å². The second kappa shape index (κ2) is 8.37. The number of nitrogen functional groups attached to an aromatic ring is 1. The number of hydrogen-bond donors (Lipinski definition) is 4. The molecule has 9 heteroatoms. The maximum atomic E-state index is 11.5. The molecule has 0 saturated heterocycles. The number of amides is 2. The van der Waals surface area contributed by atoms with E-state index in [1.165, 1.54) is 0 Å². The molecule has 128 valence electrons. The van der Waals surface area contributed by atoms with Crippen LogP contribution in [0.25, 0.3) is 11.4 Å². The maximum Gasteiger partial charge on any atom is 0.319 e. The Morgan fingerprint density at radius 2 is 2.00 bits per heavy atom. The summed E-state index contributed by atoms with van der Waals surface area (Å²) in [4.78, 5) is 20.1. The molecule has 0 spiro atoms. The number of anilines is 2. The molecule has 1 atom stereocenters. The van der Waals surface area contributed by atoms with E-state index in [1.54, 1.807) is 36.6 Å². The number of carbonyl (C=O) groups excluding carboxylic acids is 1. The lowest BCUT2D eigenvalue weighted by Crippen LogP contribution is -2.30. The fourth-order valence-electron chi connectivity index (χ4n) is 1.98. The normalized spacial score (nSPS) is 11.8. The highest BCUT2D eigenvalue weighted by Gasteiger charge is 2.08. The molecule has 0 aliphatic rings. The van der Waals surface area contributed by atoms with Crippen LogP contribution in [0.5, 0.6) is 0 Å². The van der Waals surface area contributed by atoms with Gasteiger partial charge in [-0.1, -0.05) is 0 Å². The van der Waals surface area contributed by atoms with E-state index < -0.39 is 16.8 Å². The lowest BCUT2D eigenvalue weighted by molar-refractivity contribution is 0.245. The minimum Gasteiger partial charge on any atom is -0.395 e. The van der Waals surface area contributed by atoms with Crippen molar-refractivity contribution in [3.8, 4) is 11.4 Å². The van der Waals surface area contributed by atoms with E-state index in [-0.39, 0.29) is 13.2 Å². The molecule has 0 aliphatic heterocycles. The smallest absolute Gasteiger partial charge is 0.319 e. The van der Waals surface area contributed by atoms with Gasteiger partial charge >= 0.3 is 6.03 Å². The molecule has 0 aliphatic carbocycles. The van der Waals surface area contributed by atoms with Crippen LogP contribution in [0.15, 0.2) is 30.3 Å². The number of urea groups is 1. The van der Waals surface area contributed by atoms with E-state index in [9.17, 15) is 9.00 Å². The average Bonchev–Trinajstić information content (AvgIpc) is 2.52. The Balaban J connectivity index is 2.14. The summed E-state index contributed by atoms with van der Waals surface area (Å²) in [5, 5.41) is 13.8. The van der Waals surface area contributed by atoms with Gasteiger partial charge in [-0.2, -0.15) is 0 Å². The predicted octanol–water partition coefficient (Wildman–Crippen LogP) is 0.718. The van der Waals surface area contributed by atoms with Crippen molar-refractivity contribution in [2.45, 2.75) is 5.75 Å². The number of aromatic nitrogens is 2. The molecule has 1 heterocycles. The van der Waals surface area contributed by atoms with Crippen LogP contribution in [-0.4, -0.2) is 44.7 Å². The third-order valence-electron chi connectivity index (χ3n) is 2.95. The molecule has 0 radical (unpaired) electrons. The number of nitrogens with two attached hydrogens (primary N) is 1. The number of benzene rings is 1. The van der Waals surface area contributed by atoms with Gasteiger partial charge in [-0.3, -0.25) is 4.21 Å². The van der Waals surface area contributed by atoms with Gasteiger partial charge in [0.05, 0.1) is 18.1 Å². The Kier molecular flexibility index (Phi) is 6.21. The topological polar surface area (TPSA) is 130 Å². The van der Waals surface area contributed by atoms with Gasteiger partial charge < -0.3 is 21.5 Å².